The van der Waals surface area contributed by atoms with E-state index in [0.717, 1.165) is 22.3 Å². The molecular weight excluding hydrogens is 438 g/mol. The first kappa shape index (κ1) is 21.7. The second-order valence-electron chi connectivity index (χ2n) is 7.93. The van der Waals surface area contributed by atoms with Crippen LogP contribution in [0.5, 0.6) is 17.2 Å². The van der Waals surface area contributed by atoms with Gasteiger partial charge >= 0.3 is 5.76 Å². The number of benzene rings is 2. The molecule has 0 spiro atoms. The van der Waals surface area contributed by atoms with Gasteiger partial charge in [-0.1, -0.05) is 35.5 Å². The van der Waals surface area contributed by atoms with Gasteiger partial charge in [-0.05, 0) is 36.2 Å². The van der Waals surface area contributed by atoms with E-state index in [-0.39, 0.29) is 18.2 Å². The van der Waals surface area contributed by atoms with Crippen LogP contribution in [0, 0.1) is 6.92 Å². The number of rotatable bonds is 7. The molecule has 0 saturated carbocycles. The predicted molar refractivity (Wildman–Crippen MR) is 122 cm³/mol. The van der Waals surface area contributed by atoms with Crippen molar-refractivity contribution in [3.8, 4) is 28.5 Å². The molecule has 0 fully saturated rings. The molecular formula is C25H23N3O6. The molecule has 1 unspecified atom stereocenters. The first-order valence-electron chi connectivity index (χ1n) is 10.8. The fraction of sp³-hybridized carbons (Fsp3) is 0.240. The molecule has 1 atom stereocenters. The molecule has 174 valence electrons. The highest BCUT2D eigenvalue weighted by Crippen LogP contribution is 2.44. The summed E-state index contributed by atoms with van der Waals surface area (Å²) in [6, 6.07) is 14.8. The highest BCUT2D eigenvalue weighted by Gasteiger charge is 2.30. The summed E-state index contributed by atoms with van der Waals surface area (Å²) in [4.78, 5) is 18.4. The number of aromatic hydroxyl groups is 1. The third kappa shape index (κ3) is 4.01. The van der Waals surface area contributed by atoms with Crippen molar-refractivity contribution < 1.29 is 23.8 Å². The molecule has 0 bridgehead atoms. The molecule has 2 aromatic carbocycles. The fourth-order valence-corrected chi connectivity index (χ4v) is 4.26. The van der Waals surface area contributed by atoms with Crippen molar-refractivity contribution in [1.82, 2.24) is 15.1 Å². The van der Waals surface area contributed by atoms with Crippen LogP contribution in [0.4, 0.5) is 0 Å². The molecule has 9 nitrogen and oxygen atoms in total. The number of nitrogens with zero attached hydrogens (tertiary/aromatic N) is 2. The molecule has 0 amide bonds. The van der Waals surface area contributed by atoms with Gasteiger partial charge in [-0.15, -0.1) is 0 Å². The van der Waals surface area contributed by atoms with Crippen molar-refractivity contribution in [2.75, 3.05) is 13.7 Å². The first-order valence-corrected chi connectivity index (χ1v) is 10.8. The van der Waals surface area contributed by atoms with Crippen molar-refractivity contribution in [2.45, 2.75) is 26.1 Å². The SMILES string of the molecule is COC(c1ccc(O)c(-c2ccccc2)n1)c1c(C)cc(OCc2noc(=O)[nH]2)c2c1CCO2. The summed E-state index contributed by atoms with van der Waals surface area (Å²) in [6.07, 6.45) is 0.215. The minimum atomic E-state index is -0.634. The number of hydrogen-bond acceptors (Lipinski definition) is 8. The number of H-pyrrole nitrogens is 1. The third-order valence-electron chi connectivity index (χ3n) is 5.75. The van der Waals surface area contributed by atoms with Gasteiger partial charge in [-0.25, -0.2) is 9.78 Å². The van der Waals surface area contributed by atoms with Gasteiger partial charge in [-0.2, -0.15) is 0 Å². The molecule has 0 aliphatic carbocycles. The number of pyridine rings is 1. The van der Waals surface area contributed by atoms with E-state index in [2.05, 4.69) is 14.7 Å². The Hall–Kier alpha value is -4.11. The molecule has 9 heteroatoms. The second-order valence-corrected chi connectivity index (χ2v) is 7.93. The molecule has 3 heterocycles. The molecule has 5 rings (SSSR count). The van der Waals surface area contributed by atoms with Crippen molar-refractivity contribution in [3.63, 3.8) is 0 Å². The maximum absolute atomic E-state index is 11.2. The van der Waals surface area contributed by atoms with E-state index >= 15 is 0 Å². The number of methoxy groups -OCH3 is 1. The highest BCUT2D eigenvalue weighted by atomic mass is 16.5. The van der Waals surface area contributed by atoms with Gasteiger partial charge < -0.3 is 19.3 Å². The van der Waals surface area contributed by atoms with Crippen LogP contribution in [0.2, 0.25) is 0 Å². The second kappa shape index (κ2) is 9.03. The number of fused-ring (bicyclic) bond motifs is 1. The van der Waals surface area contributed by atoms with Crippen LogP contribution in [-0.4, -0.2) is 33.9 Å². The van der Waals surface area contributed by atoms with Crippen molar-refractivity contribution >= 4 is 0 Å². The van der Waals surface area contributed by atoms with Crippen LogP contribution in [0.3, 0.4) is 0 Å². The van der Waals surface area contributed by atoms with E-state index in [4.69, 9.17) is 19.2 Å². The standard InChI is InChI=1S/C25H23N3O6/c1-14-12-19(33-13-20-27-25(30)34-28-20)23-16(10-11-32-23)21(14)24(31-2)17-8-9-18(29)22(26-17)15-6-4-3-5-7-15/h3-9,12,24,29H,10-11,13H2,1-2H3,(H,27,28,30). The van der Waals surface area contributed by atoms with Gasteiger partial charge in [0.15, 0.2) is 17.3 Å². The van der Waals surface area contributed by atoms with Gasteiger partial charge in [0, 0.05) is 24.7 Å². The maximum Gasteiger partial charge on any atom is 0.439 e. The lowest BCUT2D eigenvalue weighted by atomic mass is 9.92. The van der Waals surface area contributed by atoms with Crippen LogP contribution < -0.4 is 15.2 Å². The van der Waals surface area contributed by atoms with Crippen LogP contribution in [0.15, 0.2) is 57.8 Å². The van der Waals surface area contributed by atoms with Crippen LogP contribution >= 0.6 is 0 Å². The number of hydrogen-bond donors (Lipinski definition) is 2. The van der Waals surface area contributed by atoms with E-state index in [1.807, 2.05) is 43.3 Å². The quantitative estimate of drug-likeness (QED) is 0.428. The van der Waals surface area contributed by atoms with Crippen molar-refractivity contribution in [1.29, 1.82) is 0 Å². The average Bonchev–Trinajstić information content (AvgIpc) is 3.50. The molecule has 2 aromatic heterocycles. The van der Waals surface area contributed by atoms with Gasteiger partial charge in [-0.3, -0.25) is 9.51 Å². The lowest BCUT2D eigenvalue weighted by molar-refractivity contribution is 0.131. The predicted octanol–water partition coefficient (Wildman–Crippen LogP) is 3.69. The number of aryl methyl sites for hydroxylation is 1. The normalized spacial score (nSPS) is 13.4. The minimum absolute atomic E-state index is 0.0357. The Kier molecular flexibility index (Phi) is 5.77. The Morgan fingerprint density at radius 2 is 2.03 bits per heavy atom. The summed E-state index contributed by atoms with van der Waals surface area (Å²) in [6.45, 7) is 2.52. The van der Waals surface area contributed by atoms with E-state index < -0.39 is 11.9 Å². The Balaban J connectivity index is 1.53. The number of aromatic nitrogens is 3. The molecule has 1 aliphatic rings. The smallest absolute Gasteiger partial charge is 0.439 e. The van der Waals surface area contributed by atoms with E-state index in [1.165, 1.54) is 0 Å². The van der Waals surface area contributed by atoms with Gasteiger partial charge in [0.2, 0.25) is 0 Å². The van der Waals surface area contributed by atoms with E-state index in [1.54, 1.807) is 19.2 Å². The fourth-order valence-electron chi connectivity index (χ4n) is 4.26. The number of ether oxygens (including phenoxy) is 3. The van der Waals surface area contributed by atoms with Crippen molar-refractivity contribution in [3.05, 3.63) is 87.3 Å². The Morgan fingerprint density at radius 1 is 1.21 bits per heavy atom. The lowest BCUT2D eigenvalue weighted by Gasteiger charge is -2.22. The zero-order valence-electron chi connectivity index (χ0n) is 18.7. The van der Waals surface area contributed by atoms with E-state index in [0.29, 0.717) is 35.9 Å². The minimum Gasteiger partial charge on any atom is -0.506 e. The largest absolute Gasteiger partial charge is 0.506 e. The molecule has 0 saturated heterocycles. The van der Waals surface area contributed by atoms with Crippen LogP contribution in [0.1, 0.15) is 34.3 Å². The van der Waals surface area contributed by atoms with Gasteiger partial charge in [0.25, 0.3) is 0 Å². The Morgan fingerprint density at radius 3 is 2.76 bits per heavy atom. The summed E-state index contributed by atoms with van der Waals surface area (Å²) in [5, 5.41) is 14.1. The molecule has 1 aliphatic heterocycles. The average molecular weight is 461 g/mol. The molecule has 2 N–H and O–H groups in total. The first-order chi connectivity index (χ1) is 16.5. The third-order valence-corrected chi connectivity index (χ3v) is 5.75. The van der Waals surface area contributed by atoms with Gasteiger partial charge in [0.1, 0.15) is 24.2 Å². The summed E-state index contributed by atoms with van der Waals surface area (Å²) in [5.41, 5.74) is 4.85. The topological polar surface area (TPSA) is 120 Å². The van der Waals surface area contributed by atoms with Crippen molar-refractivity contribution in [2.24, 2.45) is 0 Å². The Bertz CT molecular complexity index is 1380. The zero-order valence-corrected chi connectivity index (χ0v) is 18.7. The van der Waals surface area contributed by atoms with Gasteiger partial charge in [0.05, 0.1) is 12.3 Å². The van der Waals surface area contributed by atoms with Crippen LogP contribution in [0.25, 0.3) is 11.3 Å². The lowest BCUT2D eigenvalue weighted by Crippen LogP contribution is -2.11. The summed E-state index contributed by atoms with van der Waals surface area (Å²) in [5.74, 6) is 0.942. The molecule has 34 heavy (non-hydrogen) atoms. The summed E-state index contributed by atoms with van der Waals surface area (Å²) < 4.78 is 22.2. The molecule has 4 aromatic rings. The van der Waals surface area contributed by atoms with Crippen LogP contribution in [-0.2, 0) is 17.8 Å². The zero-order chi connectivity index (χ0) is 23.7. The highest BCUT2D eigenvalue weighted by molar-refractivity contribution is 5.66. The number of nitrogens with one attached hydrogen (secondary N) is 1. The maximum atomic E-state index is 11.2. The summed E-state index contributed by atoms with van der Waals surface area (Å²) >= 11 is 0. The monoisotopic (exact) mass is 461 g/mol. The Labute approximate surface area is 194 Å². The number of aromatic amines is 1. The summed E-state index contributed by atoms with van der Waals surface area (Å²) in [7, 11) is 1.63. The molecule has 0 radical (unpaired) electrons. The van der Waals surface area contributed by atoms with E-state index in [9.17, 15) is 9.90 Å².